The van der Waals surface area contributed by atoms with Gasteiger partial charge in [-0.2, -0.15) is 0 Å². The van der Waals surface area contributed by atoms with Gasteiger partial charge >= 0.3 is 0 Å². The number of nitrogens with one attached hydrogen (secondary N) is 1. The molecule has 3 aliphatic heterocycles. The summed E-state index contributed by atoms with van der Waals surface area (Å²) in [4.78, 5) is 23.9. The maximum Gasteiger partial charge on any atom is 0.227 e. The quantitative estimate of drug-likeness (QED) is 0.563. The number of rotatable bonds is 5. The normalized spacial score (nSPS) is 22.9. The van der Waals surface area contributed by atoms with Crippen molar-refractivity contribution in [3.8, 4) is 17.2 Å². The van der Waals surface area contributed by atoms with E-state index in [9.17, 15) is 9.90 Å². The molecule has 0 saturated carbocycles. The molecule has 1 aromatic heterocycles. The van der Waals surface area contributed by atoms with Crippen LogP contribution in [0.15, 0.2) is 42.7 Å². The Morgan fingerprint density at radius 3 is 2.72 bits per heavy atom. The summed E-state index contributed by atoms with van der Waals surface area (Å²) in [5, 5.41) is 15.5. The molecule has 9 heteroatoms. The molecular formula is C27H30N4O5. The number of nitrogens with zero attached hydrogens (tertiary/aromatic N) is 3. The lowest BCUT2D eigenvalue weighted by Crippen LogP contribution is -2.47. The number of carbonyl (C=O) groups is 1. The van der Waals surface area contributed by atoms with Gasteiger partial charge in [-0.05, 0) is 61.6 Å². The van der Waals surface area contributed by atoms with E-state index in [1.54, 1.807) is 13.4 Å². The van der Waals surface area contributed by atoms with E-state index in [1.165, 1.54) is 0 Å². The minimum Gasteiger partial charge on any atom is -0.497 e. The number of ether oxygens (including phenoxy) is 3. The fraction of sp³-hybridized carbons (Fsp3) is 0.444. The summed E-state index contributed by atoms with van der Waals surface area (Å²) in [6, 6.07) is 11.4. The molecule has 4 heterocycles. The summed E-state index contributed by atoms with van der Waals surface area (Å²) in [6.45, 7) is 2.40. The molecule has 0 radical (unpaired) electrons. The van der Waals surface area contributed by atoms with Gasteiger partial charge in [0, 0.05) is 24.5 Å². The SMILES string of the molecule is COc1ccc2ncnc(N3CCC(O)(CC4C[C@@H](c5ccc6c(c5)OCCO6)C(=O)N4)CC3)c2c1. The highest BCUT2D eigenvalue weighted by atomic mass is 16.6. The summed E-state index contributed by atoms with van der Waals surface area (Å²) >= 11 is 0. The van der Waals surface area contributed by atoms with Crippen molar-refractivity contribution in [2.75, 3.05) is 38.3 Å². The van der Waals surface area contributed by atoms with E-state index < -0.39 is 5.60 Å². The standard InChI is InChI=1S/C27H30N4O5/c1-34-19-3-4-22-21(14-19)25(29-16-28-22)31-8-6-27(33,7-9-31)15-18-13-20(26(32)30-18)17-2-5-23-24(12-17)36-11-10-35-23/h2-5,12,14,16,18,20,33H,6-11,13,15H2,1H3,(H,30,32)/t18?,20-/m0/s1. The molecule has 2 N–H and O–H groups in total. The van der Waals surface area contributed by atoms with E-state index in [0.717, 1.165) is 33.8 Å². The molecule has 3 aliphatic rings. The molecule has 188 valence electrons. The number of carbonyl (C=O) groups excluding carboxylic acids is 1. The van der Waals surface area contributed by atoms with Crippen molar-refractivity contribution in [1.29, 1.82) is 0 Å². The number of aromatic nitrogens is 2. The van der Waals surface area contributed by atoms with Crippen molar-refractivity contribution in [2.24, 2.45) is 0 Å². The van der Waals surface area contributed by atoms with Gasteiger partial charge in [-0.25, -0.2) is 9.97 Å². The maximum absolute atomic E-state index is 12.8. The zero-order chi connectivity index (χ0) is 24.7. The van der Waals surface area contributed by atoms with Crippen molar-refractivity contribution < 1.29 is 24.1 Å². The van der Waals surface area contributed by atoms with Crippen LogP contribution in [0.4, 0.5) is 5.82 Å². The molecule has 2 aromatic carbocycles. The predicted molar refractivity (Wildman–Crippen MR) is 134 cm³/mol. The summed E-state index contributed by atoms with van der Waals surface area (Å²) in [7, 11) is 1.64. The van der Waals surface area contributed by atoms with Crippen LogP contribution >= 0.6 is 0 Å². The first kappa shape index (κ1) is 22.8. The lowest BCUT2D eigenvalue weighted by atomic mass is 9.83. The van der Waals surface area contributed by atoms with Crippen molar-refractivity contribution in [3.63, 3.8) is 0 Å². The predicted octanol–water partition coefficient (Wildman–Crippen LogP) is 2.80. The van der Waals surface area contributed by atoms with Crippen LogP contribution in [0.2, 0.25) is 0 Å². The molecule has 0 spiro atoms. The molecule has 6 rings (SSSR count). The van der Waals surface area contributed by atoms with Crippen LogP contribution in [0.1, 0.15) is 37.2 Å². The Morgan fingerprint density at radius 2 is 1.92 bits per heavy atom. The number of fused-ring (bicyclic) bond motifs is 2. The second kappa shape index (κ2) is 9.13. The van der Waals surface area contributed by atoms with Gasteiger partial charge in [0.15, 0.2) is 11.5 Å². The van der Waals surface area contributed by atoms with Gasteiger partial charge in [0.1, 0.15) is 31.1 Å². The van der Waals surface area contributed by atoms with Gasteiger partial charge in [0.2, 0.25) is 5.91 Å². The molecule has 2 fully saturated rings. The molecule has 1 unspecified atom stereocenters. The molecule has 0 bridgehead atoms. The maximum atomic E-state index is 12.8. The fourth-order valence-corrected chi connectivity index (χ4v) is 5.65. The van der Waals surface area contributed by atoms with Crippen LogP contribution in [0, 0.1) is 0 Å². The second-order valence-corrected chi connectivity index (χ2v) is 9.89. The van der Waals surface area contributed by atoms with Crippen molar-refractivity contribution in [2.45, 2.75) is 43.2 Å². The zero-order valence-electron chi connectivity index (χ0n) is 20.3. The van der Waals surface area contributed by atoms with Crippen molar-refractivity contribution in [3.05, 3.63) is 48.3 Å². The summed E-state index contributed by atoms with van der Waals surface area (Å²) in [5.74, 6) is 2.77. The van der Waals surface area contributed by atoms with Gasteiger partial charge in [-0.15, -0.1) is 0 Å². The van der Waals surface area contributed by atoms with E-state index >= 15 is 0 Å². The Balaban J connectivity index is 1.12. The van der Waals surface area contributed by atoms with Crippen molar-refractivity contribution in [1.82, 2.24) is 15.3 Å². The third-order valence-corrected chi connectivity index (χ3v) is 7.59. The summed E-state index contributed by atoms with van der Waals surface area (Å²) in [6.07, 6.45) is 3.97. The molecule has 36 heavy (non-hydrogen) atoms. The number of hydrogen-bond donors (Lipinski definition) is 2. The Morgan fingerprint density at radius 1 is 1.11 bits per heavy atom. The Kier molecular flexibility index (Phi) is 5.79. The fourth-order valence-electron chi connectivity index (χ4n) is 5.65. The van der Waals surface area contributed by atoms with Crippen LogP contribution in [0.3, 0.4) is 0 Å². The number of hydrogen-bond acceptors (Lipinski definition) is 8. The monoisotopic (exact) mass is 490 g/mol. The smallest absolute Gasteiger partial charge is 0.227 e. The van der Waals surface area contributed by atoms with Crippen LogP contribution < -0.4 is 24.4 Å². The molecule has 3 aromatic rings. The first-order chi connectivity index (χ1) is 17.5. The zero-order valence-corrected chi connectivity index (χ0v) is 20.3. The van der Waals surface area contributed by atoms with E-state index in [1.807, 2.05) is 36.4 Å². The number of benzene rings is 2. The van der Waals surface area contributed by atoms with Gasteiger partial charge in [0.25, 0.3) is 0 Å². The van der Waals surface area contributed by atoms with Gasteiger partial charge < -0.3 is 29.5 Å². The highest BCUT2D eigenvalue weighted by Gasteiger charge is 2.41. The molecule has 1 amide bonds. The Hall–Kier alpha value is -3.59. The average Bonchev–Trinajstić information content (AvgIpc) is 3.27. The number of methoxy groups -OCH3 is 1. The Labute approximate surface area is 209 Å². The van der Waals surface area contributed by atoms with Gasteiger partial charge in [0.05, 0.1) is 24.1 Å². The van der Waals surface area contributed by atoms with Gasteiger partial charge in [-0.1, -0.05) is 6.07 Å². The third-order valence-electron chi connectivity index (χ3n) is 7.59. The number of piperidine rings is 1. The average molecular weight is 491 g/mol. The molecule has 2 saturated heterocycles. The molecule has 2 atom stereocenters. The van der Waals surface area contributed by atoms with Gasteiger partial charge in [-0.3, -0.25) is 4.79 Å². The van der Waals surface area contributed by atoms with Crippen LogP contribution in [-0.4, -0.2) is 66.0 Å². The van der Waals surface area contributed by atoms with Crippen LogP contribution in [0.25, 0.3) is 10.9 Å². The lowest BCUT2D eigenvalue weighted by molar-refractivity contribution is -0.120. The Bertz CT molecular complexity index is 1290. The topological polar surface area (TPSA) is 106 Å². The number of aliphatic hydroxyl groups is 1. The van der Waals surface area contributed by atoms with E-state index in [0.29, 0.717) is 57.7 Å². The van der Waals surface area contributed by atoms with Crippen LogP contribution in [0.5, 0.6) is 17.2 Å². The largest absolute Gasteiger partial charge is 0.497 e. The minimum atomic E-state index is -0.837. The minimum absolute atomic E-state index is 0.000818. The summed E-state index contributed by atoms with van der Waals surface area (Å²) in [5.41, 5.74) is 0.948. The van der Waals surface area contributed by atoms with Crippen molar-refractivity contribution >= 4 is 22.6 Å². The first-order valence-corrected chi connectivity index (χ1v) is 12.5. The van der Waals surface area contributed by atoms with E-state index in [4.69, 9.17) is 14.2 Å². The summed E-state index contributed by atoms with van der Waals surface area (Å²) < 4.78 is 16.7. The molecule has 9 nitrogen and oxygen atoms in total. The third kappa shape index (κ3) is 4.28. The molecular weight excluding hydrogens is 460 g/mol. The highest BCUT2D eigenvalue weighted by Crippen LogP contribution is 2.39. The van der Waals surface area contributed by atoms with E-state index in [2.05, 4.69) is 20.2 Å². The number of amides is 1. The second-order valence-electron chi connectivity index (χ2n) is 9.89. The van der Waals surface area contributed by atoms with E-state index in [-0.39, 0.29) is 17.9 Å². The lowest BCUT2D eigenvalue weighted by Gasteiger charge is -2.40. The first-order valence-electron chi connectivity index (χ1n) is 12.5. The highest BCUT2D eigenvalue weighted by molar-refractivity contribution is 5.90. The van der Waals surface area contributed by atoms with Crippen LogP contribution in [-0.2, 0) is 4.79 Å². The number of anilines is 1. The molecule has 0 aliphatic carbocycles.